The van der Waals surface area contributed by atoms with E-state index in [9.17, 15) is 18.3 Å². The van der Waals surface area contributed by atoms with Crippen molar-refractivity contribution < 1.29 is 18.3 Å². The highest BCUT2D eigenvalue weighted by molar-refractivity contribution is 7.91. The van der Waals surface area contributed by atoms with Gasteiger partial charge in [-0.05, 0) is 46.9 Å². The van der Waals surface area contributed by atoms with Crippen molar-refractivity contribution in [3.05, 3.63) is 94.8 Å². The molecule has 11 heteroatoms. The first kappa shape index (κ1) is 30.1. The molecule has 0 aliphatic carbocycles. The summed E-state index contributed by atoms with van der Waals surface area (Å²) in [5.41, 5.74) is 11.0. The molecule has 224 valence electrons. The number of aromatic nitrogens is 3. The van der Waals surface area contributed by atoms with Gasteiger partial charge in [0, 0.05) is 47.6 Å². The van der Waals surface area contributed by atoms with E-state index >= 15 is 0 Å². The van der Waals surface area contributed by atoms with E-state index in [1.807, 2.05) is 36.4 Å². The third-order valence-corrected chi connectivity index (χ3v) is 9.15. The monoisotopic (exact) mass is 600 g/mol. The van der Waals surface area contributed by atoms with Crippen molar-refractivity contribution in [2.45, 2.75) is 39.2 Å². The first-order chi connectivity index (χ1) is 20.4. The molecule has 2 heterocycles. The molecule has 43 heavy (non-hydrogen) atoms. The summed E-state index contributed by atoms with van der Waals surface area (Å²) in [7, 11) is -2.95. The number of carbonyl (C=O) groups is 1. The summed E-state index contributed by atoms with van der Waals surface area (Å²) in [4.78, 5) is 28.4. The maximum Gasteiger partial charge on any atom is 0.255 e. The molecule has 0 spiro atoms. The van der Waals surface area contributed by atoms with Crippen molar-refractivity contribution in [3.8, 4) is 11.4 Å². The molecule has 4 aromatic rings. The molecular weight excluding hydrogens is 564 g/mol. The minimum Gasteiger partial charge on any atom is -0.392 e. The third-order valence-electron chi connectivity index (χ3n) is 7.54. The molecule has 1 saturated heterocycles. The molecule has 0 radical (unpaired) electrons. The Morgan fingerprint density at radius 1 is 0.953 bits per heavy atom. The predicted molar refractivity (Wildman–Crippen MR) is 169 cm³/mol. The molecule has 0 bridgehead atoms. The zero-order valence-corrected chi connectivity index (χ0v) is 25.4. The van der Waals surface area contributed by atoms with Crippen LogP contribution in [0.25, 0.3) is 11.4 Å². The molecule has 1 amide bonds. The predicted octanol–water partition coefficient (Wildman–Crippen LogP) is 3.99. The van der Waals surface area contributed by atoms with E-state index in [2.05, 4.69) is 45.9 Å². The van der Waals surface area contributed by atoms with Crippen molar-refractivity contribution in [1.82, 2.24) is 15.0 Å². The first-order valence-corrected chi connectivity index (χ1v) is 15.9. The summed E-state index contributed by atoms with van der Waals surface area (Å²) >= 11 is 0. The number of benzene rings is 3. The van der Waals surface area contributed by atoms with Gasteiger partial charge in [-0.15, -0.1) is 0 Å². The summed E-state index contributed by atoms with van der Waals surface area (Å²) in [6.45, 7) is 6.95. The number of hydrogen-bond donors (Lipinski definition) is 3. The number of amides is 1. The molecule has 10 nitrogen and oxygen atoms in total. The van der Waals surface area contributed by atoms with E-state index in [1.54, 1.807) is 30.3 Å². The Labute approximate surface area is 252 Å². The Morgan fingerprint density at radius 3 is 2.26 bits per heavy atom. The highest BCUT2D eigenvalue weighted by atomic mass is 32.2. The normalized spacial score (nSPS) is 14.8. The van der Waals surface area contributed by atoms with Gasteiger partial charge in [-0.2, -0.15) is 9.97 Å². The number of carbonyl (C=O) groups excluding carboxylic acids is 1. The second-order valence-corrected chi connectivity index (χ2v) is 14.0. The molecule has 5 rings (SSSR count). The number of anilines is 3. The van der Waals surface area contributed by atoms with Gasteiger partial charge in [0.05, 0.1) is 18.1 Å². The number of nitrogens with one attached hydrogen (secondary N) is 1. The Kier molecular flexibility index (Phi) is 8.48. The van der Waals surface area contributed by atoms with E-state index in [4.69, 9.17) is 5.73 Å². The Morgan fingerprint density at radius 2 is 1.63 bits per heavy atom. The van der Waals surface area contributed by atoms with Gasteiger partial charge >= 0.3 is 0 Å². The van der Waals surface area contributed by atoms with Gasteiger partial charge in [0.15, 0.2) is 15.7 Å². The summed E-state index contributed by atoms with van der Waals surface area (Å²) in [5, 5.41) is 13.2. The smallest absolute Gasteiger partial charge is 0.255 e. The number of nitrogens with zero attached hydrogens (tertiary/aromatic N) is 4. The number of sulfone groups is 1. The van der Waals surface area contributed by atoms with E-state index in [0.29, 0.717) is 53.5 Å². The molecule has 1 aliphatic heterocycles. The van der Waals surface area contributed by atoms with Gasteiger partial charge in [-0.25, -0.2) is 13.4 Å². The van der Waals surface area contributed by atoms with Crippen LogP contribution in [0, 0.1) is 0 Å². The SMILES string of the molecule is CC(C)(C)c1ccc(C(=O)Nc2cccc(-c3nc(N)nc(Cc4ccc(N5CCS(=O)(=O)CC5)cc4)n3)c2CO)cc1. The van der Waals surface area contributed by atoms with Gasteiger partial charge in [0.25, 0.3) is 5.91 Å². The van der Waals surface area contributed by atoms with Crippen LogP contribution in [0.3, 0.4) is 0 Å². The van der Waals surface area contributed by atoms with Crippen molar-refractivity contribution in [2.24, 2.45) is 0 Å². The molecular formula is C32H36N6O4S. The fraction of sp³-hybridized carbons (Fsp3) is 0.312. The molecule has 0 unspecified atom stereocenters. The molecule has 0 saturated carbocycles. The summed E-state index contributed by atoms with van der Waals surface area (Å²) in [6.07, 6.45) is 0.393. The van der Waals surface area contributed by atoms with Gasteiger partial charge in [0.2, 0.25) is 5.95 Å². The van der Waals surface area contributed by atoms with Crippen LogP contribution in [-0.2, 0) is 28.3 Å². The van der Waals surface area contributed by atoms with Crippen molar-refractivity contribution in [1.29, 1.82) is 0 Å². The molecule has 3 aromatic carbocycles. The molecule has 1 aromatic heterocycles. The van der Waals surface area contributed by atoms with Gasteiger partial charge in [0.1, 0.15) is 5.82 Å². The molecule has 1 fully saturated rings. The number of aliphatic hydroxyl groups excluding tert-OH is 1. The topological polar surface area (TPSA) is 151 Å². The summed E-state index contributed by atoms with van der Waals surface area (Å²) in [5.74, 6) is 0.820. The third kappa shape index (κ3) is 7.18. The second kappa shape index (κ2) is 12.1. The molecule has 1 aliphatic rings. The quantitative estimate of drug-likeness (QED) is 0.286. The van der Waals surface area contributed by atoms with E-state index < -0.39 is 9.84 Å². The zero-order chi connectivity index (χ0) is 30.8. The second-order valence-electron chi connectivity index (χ2n) is 11.7. The summed E-state index contributed by atoms with van der Waals surface area (Å²) < 4.78 is 23.5. The fourth-order valence-corrected chi connectivity index (χ4v) is 6.22. The number of nitrogen functional groups attached to an aromatic ring is 1. The standard InChI is InChI=1S/C32H36N6O4S/c1-32(2,3)23-11-9-22(10-12-23)30(40)34-27-6-4-5-25(26(27)20-39)29-35-28(36-31(33)37-29)19-21-7-13-24(14-8-21)38-15-17-43(41,42)18-16-38/h4-14,39H,15-20H2,1-3H3,(H,34,40)(H2,33,35,36,37). The summed E-state index contributed by atoms with van der Waals surface area (Å²) in [6, 6.07) is 20.6. The van der Waals surface area contributed by atoms with Crippen LogP contribution in [0.1, 0.15) is 53.6 Å². The number of nitrogens with two attached hydrogens (primary N) is 1. The van der Waals surface area contributed by atoms with Crippen LogP contribution in [-0.4, -0.2) is 59.0 Å². The van der Waals surface area contributed by atoms with Crippen LogP contribution in [0.5, 0.6) is 0 Å². The van der Waals surface area contributed by atoms with Crippen molar-refractivity contribution in [2.75, 3.05) is 40.5 Å². The van der Waals surface area contributed by atoms with E-state index in [-0.39, 0.29) is 35.4 Å². The maximum absolute atomic E-state index is 13.1. The van der Waals surface area contributed by atoms with Crippen LogP contribution < -0.4 is 16.0 Å². The van der Waals surface area contributed by atoms with Gasteiger partial charge in [-0.3, -0.25) is 4.79 Å². The lowest BCUT2D eigenvalue weighted by Crippen LogP contribution is -2.40. The zero-order valence-electron chi connectivity index (χ0n) is 24.5. The van der Waals surface area contributed by atoms with Gasteiger partial charge in [-0.1, -0.05) is 57.2 Å². The average molecular weight is 601 g/mol. The van der Waals surface area contributed by atoms with Crippen LogP contribution in [0.2, 0.25) is 0 Å². The Hall–Kier alpha value is -4.35. The van der Waals surface area contributed by atoms with Gasteiger partial charge < -0.3 is 21.1 Å². The lowest BCUT2D eigenvalue weighted by Gasteiger charge is -2.28. The average Bonchev–Trinajstić information content (AvgIpc) is 2.97. The highest BCUT2D eigenvalue weighted by Gasteiger charge is 2.22. The number of rotatable bonds is 7. The van der Waals surface area contributed by atoms with E-state index in [0.717, 1.165) is 16.8 Å². The first-order valence-electron chi connectivity index (χ1n) is 14.1. The van der Waals surface area contributed by atoms with E-state index in [1.165, 1.54) is 0 Å². The number of hydrogen-bond acceptors (Lipinski definition) is 9. The fourth-order valence-electron chi connectivity index (χ4n) is 5.02. The Balaban J connectivity index is 1.35. The molecule has 0 atom stereocenters. The van der Waals surface area contributed by atoms with Crippen LogP contribution >= 0.6 is 0 Å². The number of aliphatic hydroxyl groups is 1. The van der Waals surface area contributed by atoms with Crippen LogP contribution in [0.15, 0.2) is 66.7 Å². The lowest BCUT2D eigenvalue weighted by molar-refractivity contribution is 0.102. The highest BCUT2D eigenvalue weighted by Crippen LogP contribution is 2.29. The maximum atomic E-state index is 13.1. The van der Waals surface area contributed by atoms with Crippen LogP contribution in [0.4, 0.5) is 17.3 Å². The minimum absolute atomic E-state index is 0.0253. The van der Waals surface area contributed by atoms with Crippen molar-refractivity contribution in [3.63, 3.8) is 0 Å². The largest absolute Gasteiger partial charge is 0.392 e. The Bertz CT molecular complexity index is 1720. The minimum atomic E-state index is -2.95. The lowest BCUT2D eigenvalue weighted by atomic mass is 9.86. The molecule has 4 N–H and O–H groups in total. The van der Waals surface area contributed by atoms with Crippen molar-refractivity contribution >= 4 is 33.1 Å².